The summed E-state index contributed by atoms with van der Waals surface area (Å²) in [4.78, 5) is 0. The van der Waals surface area contributed by atoms with E-state index in [9.17, 15) is 0 Å². The van der Waals surface area contributed by atoms with Gasteiger partial charge in [0.15, 0.2) is 0 Å². The van der Waals surface area contributed by atoms with Gasteiger partial charge in [-0.05, 0) is 58.1 Å². The van der Waals surface area contributed by atoms with Crippen molar-refractivity contribution in [3.8, 4) is 0 Å². The number of hydrogen-bond donors (Lipinski definition) is 1. The van der Waals surface area contributed by atoms with Crippen LogP contribution in [0.2, 0.25) is 0 Å². The first-order valence-electron chi connectivity index (χ1n) is 8.29. The Kier molecular flexibility index (Phi) is 5.11. The smallest absolute Gasteiger partial charge is 0.0619 e. The third-order valence-electron chi connectivity index (χ3n) is 4.79. The summed E-state index contributed by atoms with van der Waals surface area (Å²) in [7, 11) is 0. The van der Waals surface area contributed by atoms with E-state index in [-0.39, 0.29) is 11.0 Å². The molecule has 0 aliphatic carbocycles. The summed E-state index contributed by atoms with van der Waals surface area (Å²) in [6.45, 7) is 13.0. The summed E-state index contributed by atoms with van der Waals surface area (Å²) >= 11 is 0. The van der Waals surface area contributed by atoms with Gasteiger partial charge in [0.2, 0.25) is 0 Å². The Morgan fingerprint density at radius 2 is 1.81 bits per heavy atom. The molecule has 0 aromatic heterocycles. The standard InChI is InChI=1S/C19H31NO/c1-6-16-7-9-17(10-8-16)13-19(11-12-21-15(19)2)14-20-18(3,4)5/h7-10,15,20H,6,11-14H2,1-5H3. The Balaban J connectivity index is 2.12. The molecule has 1 aliphatic rings. The minimum Gasteiger partial charge on any atom is -0.378 e. The Bertz CT molecular complexity index is 446. The van der Waals surface area contributed by atoms with Crippen LogP contribution < -0.4 is 5.32 Å². The molecule has 2 unspecified atom stereocenters. The van der Waals surface area contributed by atoms with Crippen molar-refractivity contribution in [2.24, 2.45) is 5.41 Å². The highest BCUT2D eigenvalue weighted by Gasteiger charge is 2.41. The van der Waals surface area contributed by atoms with Gasteiger partial charge in [0.05, 0.1) is 6.10 Å². The molecule has 2 rings (SSSR count). The first kappa shape index (κ1) is 16.5. The molecule has 1 aromatic carbocycles. The fourth-order valence-corrected chi connectivity index (χ4v) is 3.09. The van der Waals surface area contributed by atoms with E-state index in [1.165, 1.54) is 11.1 Å². The zero-order chi connectivity index (χ0) is 15.5. The van der Waals surface area contributed by atoms with Crippen LogP contribution in [0.1, 0.15) is 52.2 Å². The van der Waals surface area contributed by atoms with Crippen LogP contribution in [0.15, 0.2) is 24.3 Å². The molecular formula is C19H31NO. The number of hydrogen-bond acceptors (Lipinski definition) is 2. The first-order valence-corrected chi connectivity index (χ1v) is 8.29. The van der Waals surface area contributed by atoms with Crippen LogP contribution in [0.5, 0.6) is 0 Å². The Labute approximate surface area is 130 Å². The van der Waals surface area contributed by atoms with Crippen molar-refractivity contribution in [1.82, 2.24) is 5.32 Å². The molecule has 1 N–H and O–H groups in total. The topological polar surface area (TPSA) is 21.3 Å². The average Bonchev–Trinajstić information content (AvgIpc) is 2.78. The molecule has 21 heavy (non-hydrogen) atoms. The summed E-state index contributed by atoms with van der Waals surface area (Å²) in [5.74, 6) is 0. The molecule has 1 saturated heterocycles. The van der Waals surface area contributed by atoms with Crippen molar-refractivity contribution in [3.63, 3.8) is 0 Å². The molecule has 0 amide bonds. The van der Waals surface area contributed by atoms with Crippen LogP contribution >= 0.6 is 0 Å². The molecule has 1 fully saturated rings. The van der Waals surface area contributed by atoms with E-state index in [4.69, 9.17) is 4.74 Å². The molecule has 2 heteroatoms. The van der Waals surface area contributed by atoms with Crippen LogP contribution in [-0.2, 0) is 17.6 Å². The summed E-state index contributed by atoms with van der Waals surface area (Å²) in [6, 6.07) is 9.12. The van der Waals surface area contributed by atoms with E-state index in [2.05, 4.69) is 64.2 Å². The second-order valence-electron chi connectivity index (χ2n) is 7.58. The number of aryl methyl sites for hydroxylation is 1. The van der Waals surface area contributed by atoms with Crippen LogP contribution in [0, 0.1) is 5.41 Å². The maximum atomic E-state index is 5.91. The monoisotopic (exact) mass is 289 g/mol. The zero-order valence-corrected chi connectivity index (χ0v) is 14.3. The molecule has 2 atom stereocenters. The normalized spacial score (nSPS) is 26.2. The quantitative estimate of drug-likeness (QED) is 0.885. The Morgan fingerprint density at radius 1 is 1.19 bits per heavy atom. The molecule has 2 nitrogen and oxygen atoms in total. The molecule has 0 spiro atoms. The van der Waals surface area contributed by atoms with E-state index in [1.54, 1.807) is 0 Å². The highest BCUT2D eigenvalue weighted by Crippen LogP contribution is 2.38. The molecular weight excluding hydrogens is 258 g/mol. The second-order valence-corrected chi connectivity index (χ2v) is 7.58. The van der Waals surface area contributed by atoms with Crippen molar-refractivity contribution >= 4 is 0 Å². The average molecular weight is 289 g/mol. The lowest BCUT2D eigenvalue weighted by Gasteiger charge is -2.36. The molecule has 0 saturated carbocycles. The lowest BCUT2D eigenvalue weighted by molar-refractivity contribution is 0.0598. The van der Waals surface area contributed by atoms with Crippen molar-refractivity contribution in [3.05, 3.63) is 35.4 Å². The molecule has 1 heterocycles. The van der Waals surface area contributed by atoms with Crippen LogP contribution in [0.4, 0.5) is 0 Å². The largest absolute Gasteiger partial charge is 0.378 e. The summed E-state index contributed by atoms with van der Waals surface area (Å²) in [5, 5.41) is 3.70. The van der Waals surface area contributed by atoms with Crippen molar-refractivity contribution in [2.45, 2.75) is 65.5 Å². The van der Waals surface area contributed by atoms with Crippen LogP contribution in [-0.4, -0.2) is 24.8 Å². The summed E-state index contributed by atoms with van der Waals surface area (Å²) in [5.41, 5.74) is 3.22. The van der Waals surface area contributed by atoms with Gasteiger partial charge in [-0.25, -0.2) is 0 Å². The van der Waals surface area contributed by atoms with Gasteiger partial charge >= 0.3 is 0 Å². The lowest BCUT2D eigenvalue weighted by Crippen LogP contribution is -2.47. The third-order valence-corrected chi connectivity index (χ3v) is 4.79. The Morgan fingerprint density at radius 3 is 2.29 bits per heavy atom. The minimum absolute atomic E-state index is 0.154. The van der Waals surface area contributed by atoms with Crippen LogP contribution in [0.25, 0.3) is 0 Å². The van der Waals surface area contributed by atoms with Gasteiger partial charge in [0.1, 0.15) is 0 Å². The second kappa shape index (κ2) is 6.50. The molecule has 118 valence electrons. The number of rotatable bonds is 5. The van der Waals surface area contributed by atoms with Gasteiger partial charge in [-0.3, -0.25) is 0 Å². The molecule has 1 aromatic rings. The fraction of sp³-hybridized carbons (Fsp3) is 0.684. The van der Waals surface area contributed by atoms with Gasteiger partial charge in [0, 0.05) is 24.1 Å². The van der Waals surface area contributed by atoms with Gasteiger partial charge in [-0.1, -0.05) is 31.2 Å². The van der Waals surface area contributed by atoms with Gasteiger partial charge in [0.25, 0.3) is 0 Å². The zero-order valence-electron chi connectivity index (χ0n) is 14.3. The molecule has 0 bridgehead atoms. The predicted octanol–water partition coefficient (Wildman–Crippen LogP) is 3.97. The van der Waals surface area contributed by atoms with Crippen molar-refractivity contribution in [2.75, 3.05) is 13.2 Å². The van der Waals surface area contributed by atoms with E-state index in [0.29, 0.717) is 6.10 Å². The number of ether oxygens (including phenoxy) is 1. The highest BCUT2D eigenvalue weighted by atomic mass is 16.5. The highest BCUT2D eigenvalue weighted by molar-refractivity contribution is 5.24. The molecule has 0 radical (unpaired) electrons. The van der Waals surface area contributed by atoms with E-state index >= 15 is 0 Å². The van der Waals surface area contributed by atoms with Gasteiger partial charge in [-0.2, -0.15) is 0 Å². The molecule has 1 aliphatic heterocycles. The Hall–Kier alpha value is -0.860. The number of nitrogens with one attached hydrogen (secondary N) is 1. The van der Waals surface area contributed by atoms with E-state index in [0.717, 1.165) is 32.4 Å². The fourth-order valence-electron chi connectivity index (χ4n) is 3.09. The lowest BCUT2D eigenvalue weighted by atomic mass is 9.75. The van der Waals surface area contributed by atoms with Gasteiger partial charge < -0.3 is 10.1 Å². The van der Waals surface area contributed by atoms with Gasteiger partial charge in [-0.15, -0.1) is 0 Å². The SMILES string of the molecule is CCc1ccc(CC2(CNC(C)(C)C)CCOC2C)cc1. The summed E-state index contributed by atoms with van der Waals surface area (Å²) < 4.78 is 5.91. The third kappa shape index (κ3) is 4.31. The minimum atomic E-state index is 0.154. The first-order chi connectivity index (χ1) is 9.85. The van der Waals surface area contributed by atoms with E-state index < -0.39 is 0 Å². The van der Waals surface area contributed by atoms with Crippen molar-refractivity contribution < 1.29 is 4.74 Å². The van der Waals surface area contributed by atoms with Crippen molar-refractivity contribution in [1.29, 1.82) is 0 Å². The number of benzene rings is 1. The summed E-state index contributed by atoms with van der Waals surface area (Å²) in [6.07, 6.45) is 3.67. The van der Waals surface area contributed by atoms with Crippen LogP contribution in [0.3, 0.4) is 0 Å². The maximum Gasteiger partial charge on any atom is 0.0619 e. The predicted molar refractivity (Wildman–Crippen MR) is 89.7 cm³/mol. The van der Waals surface area contributed by atoms with E-state index in [1.807, 2.05) is 0 Å². The maximum absolute atomic E-state index is 5.91.